The zero-order valence-electron chi connectivity index (χ0n) is 57.0. The third kappa shape index (κ3) is 26.6. The maximum Gasteiger partial charge on any atom is 0.410 e. The van der Waals surface area contributed by atoms with Crippen molar-refractivity contribution in [2.24, 2.45) is 11.5 Å². The number of primary amides is 1. The molecule has 5 saturated heterocycles. The highest BCUT2D eigenvalue weighted by Crippen LogP contribution is 2.33. The maximum absolute atomic E-state index is 12.6. The molecule has 7 heterocycles. The van der Waals surface area contributed by atoms with Crippen LogP contribution in [0.25, 0.3) is 0 Å². The molecule has 8 rings (SSSR count). The monoisotopic (exact) mass is 1630 g/mol. The van der Waals surface area contributed by atoms with Gasteiger partial charge in [0.2, 0.25) is 5.91 Å². The second kappa shape index (κ2) is 34.6. The molecule has 4 N–H and O–H groups in total. The van der Waals surface area contributed by atoms with Crippen LogP contribution in [-0.2, 0) is 82.5 Å². The van der Waals surface area contributed by atoms with Crippen molar-refractivity contribution >= 4 is 159 Å². The number of amides is 6. The van der Waals surface area contributed by atoms with Gasteiger partial charge >= 0.3 is 30.3 Å². The molecular formula is C58H87BrClN9O22S8. The molecule has 0 spiro atoms. The van der Waals surface area contributed by atoms with Crippen LogP contribution >= 0.6 is 62.4 Å². The zero-order valence-corrected chi connectivity index (χ0v) is 65.9. The number of ether oxygens (including phenoxy) is 5. The van der Waals surface area contributed by atoms with Gasteiger partial charge in [0.05, 0.1) is 51.9 Å². The standard InChI is InChI=1S/C14H12BrClN2O3S2.C12H18N2O4S2.C12H21NO6S.C10H18N2O5S.C10H18N2O4S2/c15-10-2-1-9(7-11(10)16)14(19)18-4-6-23(20,21)12(8-18)13-17-3-5-22-13;1-12(2,3)18-11(15)14-5-7-20(16,17)9(8-14)10-13-4-6-19-10;1-5-18-10(14)9-8-13(6-7-20(9,16)17)11(15)19-12(2,3)4;1-10(2,3)17-9(14)12-4-5-18(15,16)7(6-12)8(11)13;1-10(2,3)16-9(13)12-4-5-18(14,15)7(6-12)8(11)17/h1-3,5,7,12H,4,6,8H2;4,6,9H,5,7-8H2,1-3H3;9H,5-8H2,1-4H3;7H,4-6H2,1-3H3,(H2,11,13);7H,4-6H2,1-3H3,(H2,11,17). The van der Waals surface area contributed by atoms with Crippen LogP contribution < -0.4 is 11.5 Å². The Morgan fingerprint density at radius 2 is 0.848 bits per heavy atom. The number of nitrogens with zero attached hydrogens (tertiary/aromatic N) is 7. The Morgan fingerprint density at radius 1 is 0.525 bits per heavy atom. The summed E-state index contributed by atoms with van der Waals surface area (Å²) in [6, 6.07) is 4.95. The van der Waals surface area contributed by atoms with E-state index in [9.17, 15) is 75.7 Å². The average molecular weight is 1630 g/mol. The molecule has 5 atom stereocenters. The molecule has 5 fully saturated rings. The molecule has 0 aliphatic carbocycles. The average Bonchev–Trinajstić information content (AvgIpc) is 1.74. The molecule has 41 heteroatoms. The van der Waals surface area contributed by atoms with Crippen LogP contribution in [0.4, 0.5) is 19.2 Å². The van der Waals surface area contributed by atoms with Crippen LogP contribution in [0.2, 0.25) is 5.02 Å². The Balaban J connectivity index is 0.000000264. The molecule has 6 amide bonds. The van der Waals surface area contributed by atoms with E-state index in [0.717, 1.165) is 0 Å². The van der Waals surface area contributed by atoms with Gasteiger partial charge in [0.1, 0.15) is 48.2 Å². The summed E-state index contributed by atoms with van der Waals surface area (Å²) >= 11 is 16.6. The summed E-state index contributed by atoms with van der Waals surface area (Å²) in [4.78, 5) is 97.7. The quantitative estimate of drug-likeness (QED) is 0.169. The molecule has 3 aromatic rings. The van der Waals surface area contributed by atoms with Crippen molar-refractivity contribution in [1.82, 2.24) is 34.5 Å². The summed E-state index contributed by atoms with van der Waals surface area (Å²) in [7, 11) is -17.0. The molecule has 31 nitrogen and oxygen atoms in total. The number of sulfone groups is 5. The first-order valence-corrected chi connectivity index (χ1v) is 42.4. The van der Waals surface area contributed by atoms with Gasteiger partial charge in [0.25, 0.3) is 5.91 Å². The number of thiazole rings is 2. The highest BCUT2D eigenvalue weighted by molar-refractivity contribution is 9.10. The van der Waals surface area contributed by atoms with Crippen LogP contribution in [0, 0.1) is 0 Å². The first-order valence-electron chi connectivity index (χ1n) is 30.5. The van der Waals surface area contributed by atoms with E-state index < -0.39 is 134 Å². The lowest BCUT2D eigenvalue weighted by molar-refractivity contribution is -0.143. The molecular weight excluding hydrogens is 1550 g/mol. The maximum atomic E-state index is 12.6. The Kier molecular flexibility index (Phi) is 30.0. The van der Waals surface area contributed by atoms with E-state index >= 15 is 0 Å². The molecule has 2 aromatic heterocycles. The molecule has 0 saturated carbocycles. The summed E-state index contributed by atoms with van der Waals surface area (Å²) in [5, 5.41) is -0.199. The van der Waals surface area contributed by atoms with E-state index in [1.165, 1.54) is 42.3 Å². The lowest BCUT2D eigenvalue weighted by atomic mass is 10.2. The van der Waals surface area contributed by atoms with Gasteiger partial charge in [-0.25, -0.2) is 71.2 Å². The number of aromatic nitrogens is 2. The third-order valence-electron chi connectivity index (χ3n) is 14.0. The summed E-state index contributed by atoms with van der Waals surface area (Å²) < 4.78 is 145. The second-order valence-electron chi connectivity index (χ2n) is 26.7. The Bertz CT molecular complexity index is 3890. The highest BCUT2D eigenvalue weighted by Gasteiger charge is 2.45. The Morgan fingerprint density at radius 3 is 1.18 bits per heavy atom. The van der Waals surface area contributed by atoms with E-state index in [4.69, 9.17) is 59.0 Å². The molecule has 558 valence electrons. The predicted molar refractivity (Wildman–Crippen MR) is 379 cm³/mol. The molecule has 99 heavy (non-hydrogen) atoms. The smallest absolute Gasteiger partial charge is 0.410 e. The summed E-state index contributed by atoms with van der Waals surface area (Å²) in [6.45, 7) is 22.7. The van der Waals surface area contributed by atoms with Crippen molar-refractivity contribution in [1.29, 1.82) is 0 Å². The number of hydrogen-bond donors (Lipinski definition) is 2. The first kappa shape index (κ1) is 85.8. The number of benzene rings is 1. The number of rotatable bonds is 7. The first-order chi connectivity index (χ1) is 45.2. The van der Waals surface area contributed by atoms with Gasteiger partial charge in [-0.2, -0.15) is 0 Å². The molecule has 5 aliphatic heterocycles. The van der Waals surface area contributed by atoms with Gasteiger partial charge in [-0.05, 0) is 124 Å². The van der Waals surface area contributed by atoms with Crippen molar-refractivity contribution in [3.05, 3.63) is 66.4 Å². The fraction of sp³-hybridized carbons (Fsp3) is 0.655. The number of hydrogen-bond acceptors (Lipinski definition) is 27. The Hall–Kier alpha value is -5.62. The van der Waals surface area contributed by atoms with Gasteiger partial charge in [-0.1, -0.05) is 23.8 Å². The molecule has 1 aromatic carbocycles. The molecule has 0 radical (unpaired) electrons. The number of thiocarbonyl (C=S) groups is 1. The van der Waals surface area contributed by atoms with Crippen LogP contribution in [0.15, 0.2) is 45.8 Å². The van der Waals surface area contributed by atoms with E-state index in [0.29, 0.717) is 25.1 Å². The fourth-order valence-electron chi connectivity index (χ4n) is 9.13. The normalized spacial score (nSPS) is 22.3. The highest BCUT2D eigenvalue weighted by atomic mass is 79.9. The van der Waals surface area contributed by atoms with Crippen LogP contribution in [-0.4, -0.2) is 263 Å². The zero-order chi connectivity index (χ0) is 75.4. The number of halogens is 2. The minimum absolute atomic E-state index is 0.0149. The van der Waals surface area contributed by atoms with E-state index in [1.54, 1.807) is 136 Å². The number of carbonyl (C=O) groups is 7. The minimum atomic E-state index is -3.58. The second-order valence-corrected chi connectivity index (χ2v) is 41.8. The number of carbonyl (C=O) groups excluding carboxylic acids is 7. The third-order valence-corrected chi connectivity index (χ3v) is 27.7. The van der Waals surface area contributed by atoms with Crippen molar-refractivity contribution in [2.45, 2.75) is 139 Å². The van der Waals surface area contributed by atoms with Gasteiger partial charge in [0, 0.05) is 92.1 Å². The Labute approximate surface area is 605 Å². The van der Waals surface area contributed by atoms with Gasteiger partial charge < -0.3 is 59.7 Å². The van der Waals surface area contributed by atoms with Gasteiger partial charge in [-0.15, -0.1) is 22.7 Å². The van der Waals surface area contributed by atoms with E-state index in [1.807, 2.05) is 0 Å². The van der Waals surface area contributed by atoms with Crippen molar-refractivity contribution < 1.29 is 99.3 Å². The van der Waals surface area contributed by atoms with Gasteiger partial charge in [0.15, 0.2) is 59.7 Å². The summed E-state index contributed by atoms with van der Waals surface area (Å²) in [5.74, 6) is -2.80. The molecule has 5 aliphatic rings. The minimum Gasteiger partial charge on any atom is -0.465 e. The van der Waals surface area contributed by atoms with Crippen molar-refractivity contribution in [3.63, 3.8) is 0 Å². The SMILES string of the molecule is CC(C)(C)OC(=O)N1CCS(=O)(=O)C(C(N)=O)C1.CC(C)(C)OC(=O)N1CCS(=O)(=O)C(C(N)=S)C1.CC(C)(C)OC(=O)N1CCS(=O)(=O)C(c2nccs2)C1.CCOC(=O)C1CN(C(=O)OC(C)(C)C)CCS1(=O)=O.O=C(c1ccc(Br)c(Cl)c1)N1CCS(=O)(=O)C(c2nccs2)C1. The summed E-state index contributed by atoms with van der Waals surface area (Å²) in [6.07, 6.45) is 0.866. The lowest BCUT2D eigenvalue weighted by Gasteiger charge is -2.33. The van der Waals surface area contributed by atoms with E-state index in [2.05, 4.69) is 25.9 Å². The molecule has 5 unspecified atom stereocenters. The topological polar surface area (TPSA) is 430 Å². The molecule has 0 bridgehead atoms. The largest absolute Gasteiger partial charge is 0.465 e. The van der Waals surface area contributed by atoms with E-state index in [-0.39, 0.29) is 112 Å². The van der Waals surface area contributed by atoms with Crippen molar-refractivity contribution in [2.75, 3.05) is 101 Å². The van der Waals surface area contributed by atoms with Crippen LogP contribution in [0.3, 0.4) is 0 Å². The lowest BCUT2D eigenvalue weighted by Crippen LogP contribution is -2.54. The van der Waals surface area contributed by atoms with Crippen LogP contribution in [0.5, 0.6) is 0 Å². The fourth-order valence-corrected chi connectivity index (χ4v) is 20.1. The predicted octanol–water partition coefficient (Wildman–Crippen LogP) is 5.42. The number of esters is 1. The summed E-state index contributed by atoms with van der Waals surface area (Å²) in [5.41, 5.74) is 8.32. The van der Waals surface area contributed by atoms with Gasteiger partial charge in [-0.3, -0.25) is 14.4 Å². The number of nitrogens with two attached hydrogens (primary N) is 2. The van der Waals surface area contributed by atoms with Crippen molar-refractivity contribution in [3.8, 4) is 0 Å². The van der Waals surface area contributed by atoms with Crippen LogP contribution in [0.1, 0.15) is 121 Å².